The summed E-state index contributed by atoms with van der Waals surface area (Å²) in [5, 5.41) is 12.9. The molecule has 5 nitrogen and oxygen atoms in total. The van der Waals surface area contributed by atoms with Crippen LogP contribution in [-0.2, 0) is 11.7 Å². The van der Waals surface area contributed by atoms with Gasteiger partial charge >= 0.3 is 6.18 Å². The molecule has 1 aliphatic rings. The standard InChI is InChI=1S/C21H21F3N4O.ClH/c1-12(14-5-4-6-15(9-14)21(22,23)24)25-19-17-11-28(20(3)7-8-20)18(29)10-16(17)13(2)26-27-19;/h4-6,9-12H,7-8H2,1-3H3,(H,25,27);1H/t12-;/m1./s1. The van der Waals surface area contributed by atoms with Gasteiger partial charge in [-0.05, 0) is 51.3 Å². The number of halogens is 4. The van der Waals surface area contributed by atoms with Gasteiger partial charge in [0.15, 0.2) is 5.82 Å². The molecule has 0 unspecified atom stereocenters. The molecule has 0 spiro atoms. The highest BCUT2D eigenvalue weighted by Crippen LogP contribution is 2.42. The number of pyridine rings is 1. The molecule has 0 saturated heterocycles. The molecule has 1 N–H and O–H groups in total. The van der Waals surface area contributed by atoms with Gasteiger partial charge in [0.05, 0.1) is 17.3 Å². The van der Waals surface area contributed by atoms with Gasteiger partial charge in [0.25, 0.3) is 5.56 Å². The molecule has 0 aliphatic heterocycles. The summed E-state index contributed by atoms with van der Waals surface area (Å²) < 4.78 is 40.8. The second-order valence-corrected chi connectivity index (χ2v) is 7.93. The first kappa shape index (κ1) is 22.1. The fraction of sp³-hybridized carbons (Fsp3) is 0.381. The van der Waals surface area contributed by atoms with Gasteiger partial charge in [-0.2, -0.15) is 18.3 Å². The Morgan fingerprint density at radius 1 is 1.17 bits per heavy atom. The second-order valence-electron chi connectivity index (χ2n) is 7.93. The number of alkyl halides is 3. The molecule has 9 heteroatoms. The molecule has 0 amide bonds. The minimum atomic E-state index is -4.40. The predicted octanol–water partition coefficient (Wildman–Crippen LogP) is 5.22. The molecule has 0 radical (unpaired) electrons. The number of nitrogens with one attached hydrogen (secondary N) is 1. The van der Waals surface area contributed by atoms with E-state index in [9.17, 15) is 18.0 Å². The zero-order chi connectivity index (χ0) is 21.0. The van der Waals surface area contributed by atoms with Crippen molar-refractivity contribution in [3.63, 3.8) is 0 Å². The van der Waals surface area contributed by atoms with Crippen LogP contribution in [0.25, 0.3) is 10.8 Å². The van der Waals surface area contributed by atoms with E-state index in [-0.39, 0.29) is 23.5 Å². The molecule has 1 saturated carbocycles. The van der Waals surface area contributed by atoms with E-state index in [1.54, 1.807) is 36.7 Å². The average Bonchev–Trinajstić information content (AvgIpc) is 3.41. The first-order valence-corrected chi connectivity index (χ1v) is 9.42. The highest BCUT2D eigenvalue weighted by Gasteiger charge is 2.40. The number of nitrogens with zero attached hydrogens (tertiary/aromatic N) is 3. The summed E-state index contributed by atoms with van der Waals surface area (Å²) in [5.74, 6) is 0.438. The van der Waals surface area contributed by atoms with Crippen LogP contribution in [0.15, 0.2) is 41.3 Å². The Hall–Kier alpha value is -2.61. The summed E-state index contributed by atoms with van der Waals surface area (Å²) in [6.07, 6.45) is -0.756. The van der Waals surface area contributed by atoms with Gasteiger partial charge in [-0.1, -0.05) is 12.1 Å². The summed E-state index contributed by atoms with van der Waals surface area (Å²) in [4.78, 5) is 12.5. The zero-order valence-electron chi connectivity index (χ0n) is 16.7. The van der Waals surface area contributed by atoms with E-state index >= 15 is 0 Å². The lowest BCUT2D eigenvalue weighted by Gasteiger charge is -2.19. The van der Waals surface area contributed by atoms with Crippen LogP contribution >= 0.6 is 12.4 Å². The van der Waals surface area contributed by atoms with Crippen molar-refractivity contribution in [2.75, 3.05) is 5.32 Å². The van der Waals surface area contributed by atoms with Gasteiger partial charge < -0.3 is 9.88 Å². The van der Waals surface area contributed by atoms with E-state index in [1.807, 2.05) is 6.92 Å². The molecular formula is C21H22ClF3N4O. The van der Waals surface area contributed by atoms with Crippen LogP contribution in [0.1, 0.15) is 49.6 Å². The third-order valence-electron chi connectivity index (χ3n) is 5.62. The highest BCUT2D eigenvalue weighted by molar-refractivity contribution is 5.92. The third kappa shape index (κ3) is 4.01. The van der Waals surface area contributed by atoms with Gasteiger partial charge in [-0.3, -0.25) is 4.79 Å². The number of aromatic nitrogens is 3. The minimum absolute atomic E-state index is 0. The maximum absolute atomic E-state index is 13.0. The Morgan fingerprint density at radius 3 is 2.50 bits per heavy atom. The minimum Gasteiger partial charge on any atom is -0.361 e. The molecule has 3 aromatic rings. The number of hydrogen-bond acceptors (Lipinski definition) is 4. The lowest BCUT2D eigenvalue weighted by atomic mass is 10.0. The number of hydrogen-bond donors (Lipinski definition) is 1. The maximum atomic E-state index is 13.0. The van der Waals surface area contributed by atoms with Crippen LogP contribution < -0.4 is 10.9 Å². The molecule has 1 fully saturated rings. The predicted molar refractivity (Wildman–Crippen MR) is 112 cm³/mol. The van der Waals surface area contributed by atoms with E-state index in [2.05, 4.69) is 15.5 Å². The van der Waals surface area contributed by atoms with Gasteiger partial charge in [0, 0.05) is 28.6 Å². The summed E-state index contributed by atoms with van der Waals surface area (Å²) >= 11 is 0. The monoisotopic (exact) mass is 438 g/mol. The molecule has 1 aromatic carbocycles. The summed E-state index contributed by atoms with van der Waals surface area (Å²) in [6, 6.07) is 6.32. The van der Waals surface area contributed by atoms with Gasteiger partial charge in [-0.25, -0.2) is 0 Å². The summed E-state index contributed by atoms with van der Waals surface area (Å²) in [7, 11) is 0. The number of aryl methyl sites for hydroxylation is 1. The van der Waals surface area contributed by atoms with Gasteiger partial charge in [0.2, 0.25) is 0 Å². The molecule has 2 heterocycles. The average molecular weight is 439 g/mol. The largest absolute Gasteiger partial charge is 0.416 e. The molecule has 4 rings (SSSR count). The topological polar surface area (TPSA) is 59.8 Å². The normalized spacial score (nSPS) is 16.1. The smallest absolute Gasteiger partial charge is 0.361 e. The lowest BCUT2D eigenvalue weighted by molar-refractivity contribution is -0.137. The van der Waals surface area contributed by atoms with Crippen LogP contribution in [-0.4, -0.2) is 14.8 Å². The fourth-order valence-electron chi connectivity index (χ4n) is 3.48. The Morgan fingerprint density at radius 2 is 1.87 bits per heavy atom. The molecular weight excluding hydrogens is 417 g/mol. The quantitative estimate of drug-likeness (QED) is 0.606. The van der Waals surface area contributed by atoms with E-state index in [0.717, 1.165) is 30.4 Å². The molecule has 1 aliphatic carbocycles. The number of anilines is 1. The first-order chi connectivity index (χ1) is 13.6. The SMILES string of the molecule is Cc1nnc(N[C@H](C)c2cccc(C(F)(F)F)c2)c2cn(C3(C)CC3)c(=O)cc12.Cl. The Bertz CT molecular complexity index is 1160. The maximum Gasteiger partial charge on any atom is 0.416 e. The van der Waals surface area contributed by atoms with Crippen molar-refractivity contribution in [2.45, 2.75) is 51.4 Å². The van der Waals surface area contributed by atoms with Crippen molar-refractivity contribution in [2.24, 2.45) is 0 Å². The first-order valence-electron chi connectivity index (χ1n) is 9.42. The van der Waals surface area contributed by atoms with Crippen molar-refractivity contribution < 1.29 is 13.2 Å². The Balaban J connectivity index is 0.00000256. The number of benzene rings is 1. The van der Waals surface area contributed by atoms with Crippen LogP contribution in [0.3, 0.4) is 0 Å². The van der Waals surface area contributed by atoms with Gasteiger partial charge in [-0.15, -0.1) is 17.5 Å². The van der Waals surface area contributed by atoms with E-state index in [0.29, 0.717) is 22.5 Å². The Kier molecular flexibility index (Phi) is 5.58. The van der Waals surface area contributed by atoms with E-state index in [4.69, 9.17) is 0 Å². The second kappa shape index (κ2) is 7.58. The molecule has 2 aromatic heterocycles. The Labute approximate surface area is 177 Å². The lowest BCUT2D eigenvalue weighted by Crippen LogP contribution is -2.27. The molecule has 30 heavy (non-hydrogen) atoms. The molecule has 1 atom stereocenters. The van der Waals surface area contributed by atoms with Crippen LogP contribution in [0.4, 0.5) is 19.0 Å². The van der Waals surface area contributed by atoms with E-state index < -0.39 is 17.8 Å². The van der Waals surface area contributed by atoms with Gasteiger partial charge in [0.1, 0.15) is 0 Å². The number of rotatable bonds is 4. The summed E-state index contributed by atoms with van der Waals surface area (Å²) in [5.41, 5.74) is 0.136. The highest BCUT2D eigenvalue weighted by atomic mass is 35.5. The van der Waals surface area contributed by atoms with Crippen molar-refractivity contribution in [3.8, 4) is 0 Å². The fourth-order valence-corrected chi connectivity index (χ4v) is 3.48. The third-order valence-corrected chi connectivity index (χ3v) is 5.62. The summed E-state index contributed by atoms with van der Waals surface area (Å²) in [6.45, 7) is 5.57. The molecule has 160 valence electrons. The van der Waals surface area contributed by atoms with Crippen molar-refractivity contribution in [1.29, 1.82) is 0 Å². The van der Waals surface area contributed by atoms with Crippen LogP contribution in [0.5, 0.6) is 0 Å². The van der Waals surface area contributed by atoms with Crippen molar-refractivity contribution in [1.82, 2.24) is 14.8 Å². The van der Waals surface area contributed by atoms with Crippen LogP contribution in [0.2, 0.25) is 0 Å². The molecule has 0 bridgehead atoms. The van der Waals surface area contributed by atoms with Crippen molar-refractivity contribution >= 4 is 29.0 Å². The van der Waals surface area contributed by atoms with Crippen LogP contribution in [0, 0.1) is 6.92 Å². The zero-order valence-corrected chi connectivity index (χ0v) is 17.6. The van der Waals surface area contributed by atoms with E-state index in [1.165, 1.54) is 6.07 Å². The van der Waals surface area contributed by atoms with Crippen molar-refractivity contribution in [3.05, 3.63) is 63.7 Å². The number of fused-ring (bicyclic) bond motifs is 1.